The second kappa shape index (κ2) is 9.57. The third-order valence-electron chi connectivity index (χ3n) is 7.29. The number of carbonyl (C=O) groups excluding carboxylic acids is 3. The van der Waals surface area contributed by atoms with Gasteiger partial charge in [-0.1, -0.05) is 19.6 Å². The molecule has 0 bridgehead atoms. The minimum absolute atomic E-state index is 0.130. The van der Waals surface area contributed by atoms with Gasteiger partial charge in [-0.05, 0) is 37.6 Å². The summed E-state index contributed by atoms with van der Waals surface area (Å²) in [7, 11) is 3.39. The second-order valence-electron chi connectivity index (χ2n) is 9.64. The van der Waals surface area contributed by atoms with E-state index in [1.807, 2.05) is 33.9 Å². The summed E-state index contributed by atoms with van der Waals surface area (Å²) in [4.78, 5) is 45.3. The lowest BCUT2D eigenvalue weighted by Gasteiger charge is -2.29. The summed E-state index contributed by atoms with van der Waals surface area (Å²) in [5.74, 6) is 0.394. The molecule has 0 spiro atoms. The van der Waals surface area contributed by atoms with E-state index in [0.29, 0.717) is 34.9 Å². The number of furan rings is 1. The molecule has 0 saturated carbocycles. The molecule has 0 aliphatic carbocycles. The molecule has 0 radical (unpaired) electrons. The number of amides is 4. The number of ether oxygens (including phenoxy) is 1. The molecular formula is C28H30N6O5. The zero-order valence-electron chi connectivity index (χ0n) is 22.5. The van der Waals surface area contributed by atoms with Gasteiger partial charge in [0, 0.05) is 42.9 Å². The Labute approximate surface area is 225 Å². The first-order valence-electron chi connectivity index (χ1n) is 12.6. The number of fused-ring (bicyclic) bond motifs is 1. The number of benzene rings is 1. The smallest absolute Gasteiger partial charge is 0.322 e. The predicted octanol–water partition coefficient (Wildman–Crippen LogP) is 3.20. The van der Waals surface area contributed by atoms with Crippen LogP contribution < -0.4 is 15.4 Å². The van der Waals surface area contributed by atoms with Crippen molar-refractivity contribution in [2.75, 3.05) is 13.7 Å². The Hall–Kier alpha value is -4.67. The maximum absolute atomic E-state index is 13.3. The molecule has 1 saturated heterocycles. The van der Waals surface area contributed by atoms with Gasteiger partial charge >= 0.3 is 6.03 Å². The van der Waals surface area contributed by atoms with Crippen LogP contribution in [-0.4, -0.2) is 51.9 Å². The van der Waals surface area contributed by atoms with Crippen molar-refractivity contribution in [1.82, 2.24) is 25.3 Å². The fraction of sp³-hybridized carbons (Fsp3) is 0.321. The van der Waals surface area contributed by atoms with Gasteiger partial charge in [-0.25, -0.2) is 9.79 Å². The van der Waals surface area contributed by atoms with Crippen molar-refractivity contribution in [1.29, 1.82) is 0 Å². The van der Waals surface area contributed by atoms with Crippen LogP contribution in [-0.2, 0) is 30.3 Å². The SMILES string of the molecule is C=CC(=Nc1cc([C@]2(CN3Cc4ccc(OC)cc4C3=O)NC(=O)NC2=O)oc1CC)c1c(C)nn(C)c1C. The molecule has 1 aromatic carbocycles. The van der Waals surface area contributed by atoms with Crippen molar-refractivity contribution in [3.05, 3.63) is 76.5 Å². The Morgan fingerprint density at radius 3 is 2.64 bits per heavy atom. The van der Waals surface area contributed by atoms with E-state index in [4.69, 9.17) is 14.1 Å². The van der Waals surface area contributed by atoms with Gasteiger partial charge in [-0.15, -0.1) is 0 Å². The van der Waals surface area contributed by atoms with Gasteiger partial charge in [-0.2, -0.15) is 5.10 Å². The number of rotatable bonds is 8. The normalized spacial score (nSPS) is 18.8. The maximum Gasteiger partial charge on any atom is 0.322 e. The molecule has 5 rings (SSSR count). The lowest BCUT2D eigenvalue weighted by Crippen LogP contribution is -2.52. The second-order valence-corrected chi connectivity index (χ2v) is 9.64. The van der Waals surface area contributed by atoms with Gasteiger partial charge in [-0.3, -0.25) is 19.6 Å². The highest BCUT2D eigenvalue weighted by atomic mass is 16.5. The molecule has 2 aliphatic rings. The van der Waals surface area contributed by atoms with Crippen LogP contribution in [0.1, 0.15) is 51.3 Å². The number of imide groups is 1. The van der Waals surface area contributed by atoms with Crippen molar-refractivity contribution >= 4 is 29.2 Å². The van der Waals surface area contributed by atoms with Crippen LogP contribution in [0.3, 0.4) is 0 Å². The number of aliphatic imine (C=N–C) groups is 1. The third kappa shape index (κ3) is 4.19. The van der Waals surface area contributed by atoms with Crippen LogP contribution >= 0.6 is 0 Å². The van der Waals surface area contributed by atoms with Crippen LogP contribution in [0.25, 0.3) is 0 Å². The van der Waals surface area contributed by atoms with Crippen molar-refractivity contribution < 1.29 is 23.5 Å². The van der Waals surface area contributed by atoms with E-state index in [1.54, 1.807) is 29.0 Å². The standard InChI is InChI=1S/C28H30N6O5/c1-7-20(24-15(3)32-33(5)16(24)4)29-21-12-23(39-22(21)8-2)28(26(36)30-27(37)31-28)14-34-13-17-9-10-18(38-6)11-19(17)25(34)35/h7,9-12H,1,8,13-14H2,2-6H3,(H2,30,31,36,37)/t28-/m0/s1. The zero-order chi connectivity index (χ0) is 28.1. The summed E-state index contributed by atoms with van der Waals surface area (Å²) in [6, 6.07) is 6.25. The zero-order valence-corrected chi connectivity index (χ0v) is 22.5. The molecule has 1 atom stereocenters. The first-order valence-corrected chi connectivity index (χ1v) is 12.6. The lowest BCUT2D eigenvalue weighted by atomic mass is 9.95. The molecular weight excluding hydrogens is 500 g/mol. The minimum atomic E-state index is -1.63. The Balaban J connectivity index is 1.56. The number of nitrogens with zero attached hydrogens (tertiary/aromatic N) is 4. The molecule has 11 heteroatoms. The quantitative estimate of drug-likeness (QED) is 0.340. The highest BCUT2D eigenvalue weighted by Gasteiger charge is 2.53. The Kier molecular flexibility index (Phi) is 6.37. The molecule has 11 nitrogen and oxygen atoms in total. The van der Waals surface area contributed by atoms with Gasteiger partial charge in [0.1, 0.15) is 23.0 Å². The summed E-state index contributed by atoms with van der Waals surface area (Å²) in [5, 5.41) is 9.50. The molecule has 202 valence electrons. The Morgan fingerprint density at radius 2 is 2.05 bits per heavy atom. The van der Waals surface area contributed by atoms with E-state index < -0.39 is 17.5 Å². The van der Waals surface area contributed by atoms with Gasteiger partial charge in [0.15, 0.2) is 5.54 Å². The molecule has 2 N–H and O–H groups in total. The van der Waals surface area contributed by atoms with Crippen molar-refractivity contribution in [3.8, 4) is 5.75 Å². The predicted molar refractivity (Wildman–Crippen MR) is 143 cm³/mol. The largest absolute Gasteiger partial charge is 0.497 e. The molecule has 4 heterocycles. The van der Waals surface area contributed by atoms with E-state index in [0.717, 1.165) is 22.5 Å². The van der Waals surface area contributed by atoms with Crippen LogP contribution in [0.15, 0.2) is 46.3 Å². The van der Waals surface area contributed by atoms with Crippen molar-refractivity contribution in [2.45, 2.75) is 39.3 Å². The summed E-state index contributed by atoms with van der Waals surface area (Å²) >= 11 is 0. The third-order valence-corrected chi connectivity index (χ3v) is 7.29. The monoisotopic (exact) mass is 530 g/mol. The lowest BCUT2D eigenvalue weighted by molar-refractivity contribution is -0.125. The molecule has 1 fully saturated rings. The average Bonchev–Trinajstić information content (AvgIpc) is 3.62. The van der Waals surface area contributed by atoms with Crippen LogP contribution in [0.5, 0.6) is 5.75 Å². The number of allylic oxidation sites excluding steroid dienone is 1. The number of carbonyl (C=O) groups is 3. The first-order chi connectivity index (χ1) is 18.6. The highest BCUT2D eigenvalue weighted by Crippen LogP contribution is 2.37. The first kappa shape index (κ1) is 26.0. The van der Waals surface area contributed by atoms with E-state index in [9.17, 15) is 14.4 Å². The molecule has 2 aromatic heterocycles. The van der Waals surface area contributed by atoms with Crippen molar-refractivity contribution in [3.63, 3.8) is 0 Å². The topological polar surface area (TPSA) is 131 Å². The van der Waals surface area contributed by atoms with Gasteiger partial charge in [0.25, 0.3) is 11.8 Å². The molecule has 0 unspecified atom stereocenters. The average molecular weight is 531 g/mol. The van der Waals surface area contributed by atoms with E-state index in [1.165, 1.54) is 12.0 Å². The highest BCUT2D eigenvalue weighted by molar-refractivity contribution is 6.11. The number of urea groups is 1. The summed E-state index contributed by atoms with van der Waals surface area (Å²) < 4.78 is 13.2. The summed E-state index contributed by atoms with van der Waals surface area (Å²) in [5.41, 5.74) is 3.35. The molecule has 4 amide bonds. The number of methoxy groups -OCH3 is 1. The van der Waals surface area contributed by atoms with Gasteiger partial charge < -0.3 is 19.4 Å². The fourth-order valence-electron chi connectivity index (χ4n) is 5.19. The number of hydrogen-bond acceptors (Lipinski definition) is 7. The van der Waals surface area contributed by atoms with Gasteiger partial charge in [0.2, 0.25) is 0 Å². The number of hydrogen-bond donors (Lipinski definition) is 2. The van der Waals surface area contributed by atoms with Crippen LogP contribution in [0, 0.1) is 13.8 Å². The summed E-state index contributed by atoms with van der Waals surface area (Å²) in [6.07, 6.45) is 2.13. The van der Waals surface area contributed by atoms with E-state index >= 15 is 0 Å². The number of aromatic nitrogens is 2. The number of aryl methyl sites for hydroxylation is 3. The summed E-state index contributed by atoms with van der Waals surface area (Å²) in [6.45, 7) is 9.84. The van der Waals surface area contributed by atoms with Crippen molar-refractivity contribution in [2.24, 2.45) is 12.0 Å². The Morgan fingerprint density at radius 1 is 1.28 bits per heavy atom. The molecule has 39 heavy (non-hydrogen) atoms. The van der Waals surface area contributed by atoms with Crippen LogP contribution in [0.2, 0.25) is 0 Å². The fourth-order valence-corrected chi connectivity index (χ4v) is 5.19. The van der Waals surface area contributed by atoms with E-state index in [2.05, 4.69) is 22.3 Å². The Bertz CT molecular complexity index is 1560. The van der Waals surface area contributed by atoms with E-state index in [-0.39, 0.29) is 24.8 Å². The van der Waals surface area contributed by atoms with Crippen LogP contribution in [0.4, 0.5) is 10.5 Å². The van der Waals surface area contributed by atoms with Gasteiger partial charge in [0.05, 0.1) is 25.1 Å². The number of nitrogens with one attached hydrogen (secondary N) is 2. The molecule has 3 aromatic rings. The molecule has 2 aliphatic heterocycles. The maximum atomic E-state index is 13.3. The minimum Gasteiger partial charge on any atom is -0.497 e.